The maximum atomic E-state index is 11.8. The van der Waals surface area contributed by atoms with Gasteiger partial charge in [-0.05, 0) is 45.0 Å². The third-order valence-electron chi connectivity index (χ3n) is 3.36. The second-order valence-electron chi connectivity index (χ2n) is 4.71. The van der Waals surface area contributed by atoms with E-state index in [2.05, 4.69) is 10.6 Å². The minimum atomic E-state index is 0.0317. The molecule has 0 saturated carbocycles. The Morgan fingerprint density at radius 2 is 2.18 bits per heavy atom. The Labute approximate surface area is 108 Å². The van der Waals surface area contributed by atoms with Gasteiger partial charge in [0.2, 0.25) is 5.91 Å². The molecule has 1 aliphatic rings. The zero-order chi connectivity index (χ0) is 12.7. The van der Waals surface area contributed by atoms with Gasteiger partial charge in [0.1, 0.15) is 0 Å². The number of hydrogen-bond acceptors (Lipinski definition) is 4. The number of aliphatic hydroxyl groups excluding tert-OH is 1. The van der Waals surface area contributed by atoms with Crippen LogP contribution in [0, 0.1) is 5.92 Å². The molecule has 2 atom stereocenters. The summed E-state index contributed by atoms with van der Waals surface area (Å²) in [4.78, 5) is 11.8. The molecule has 1 saturated heterocycles. The summed E-state index contributed by atoms with van der Waals surface area (Å²) in [5.74, 6) is 0.641. The van der Waals surface area contributed by atoms with Crippen molar-refractivity contribution < 1.29 is 9.90 Å². The molecule has 5 heteroatoms. The van der Waals surface area contributed by atoms with E-state index in [0.29, 0.717) is 12.3 Å². The van der Waals surface area contributed by atoms with Crippen LogP contribution in [-0.2, 0) is 4.79 Å². The Bertz CT molecular complexity index is 229. The average Bonchev–Trinajstić information content (AvgIpc) is 2.31. The van der Waals surface area contributed by atoms with Gasteiger partial charge in [0, 0.05) is 17.7 Å². The molecule has 0 bridgehead atoms. The topological polar surface area (TPSA) is 61.4 Å². The zero-order valence-electron chi connectivity index (χ0n) is 10.7. The summed E-state index contributed by atoms with van der Waals surface area (Å²) in [6, 6.07) is 0.0317. The van der Waals surface area contributed by atoms with Gasteiger partial charge in [-0.15, -0.1) is 0 Å². The number of hydrogen-bond donors (Lipinski definition) is 3. The molecule has 1 amide bonds. The number of aliphatic hydroxyl groups is 1. The number of carbonyl (C=O) groups is 1. The number of nitrogens with one attached hydrogen (secondary N) is 2. The van der Waals surface area contributed by atoms with Crippen LogP contribution in [0.4, 0.5) is 0 Å². The van der Waals surface area contributed by atoms with Gasteiger partial charge in [-0.2, -0.15) is 11.8 Å². The van der Waals surface area contributed by atoms with Gasteiger partial charge in [0.15, 0.2) is 0 Å². The van der Waals surface area contributed by atoms with Gasteiger partial charge in [0.25, 0.3) is 0 Å². The lowest BCUT2D eigenvalue weighted by atomic mass is 9.94. The fourth-order valence-corrected chi connectivity index (χ4v) is 2.82. The second-order valence-corrected chi connectivity index (χ2v) is 5.79. The fraction of sp³-hybridized carbons (Fsp3) is 0.917. The number of thioether (sulfide) groups is 1. The predicted molar refractivity (Wildman–Crippen MR) is 72.2 cm³/mol. The van der Waals surface area contributed by atoms with E-state index in [1.807, 2.05) is 13.2 Å². The van der Waals surface area contributed by atoms with Crippen LogP contribution in [0.5, 0.6) is 0 Å². The lowest BCUT2D eigenvalue weighted by Crippen LogP contribution is -2.42. The van der Waals surface area contributed by atoms with Crippen LogP contribution in [0.1, 0.15) is 26.2 Å². The van der Waals surface area contributed by atoms with Crippen molar-refractivity contribution in [1.82, 2.24) is 10.6 Å². The summed E-state index contributed by atoms with van der Waals surface area (Å²) in [6.07, 6.45) is 4.76. The van der Waals surface area contributed by atoms with E-state index in [9.17, 15) is 4.79 Å². The fourth-order valence-electron chi connectivity index (χ4n) is 2.19. The summed E-state index contributed by atoms with van der Waals surface area (Å²) in [6.45, 7) is 4.11. The lowest BCUT2D eigenvalue weighted by Gasteiger charge is -2.25. The summed E-state index contributed by atoms with van der Waals surface area (Å²) in [5, 5.41) is 15.5. The van der Waals surface area contributed by atoms with E-state index >= 15 is 0 Å². The zero-order valence-corrected chi connectivity index (χ0v) is 11.6. The molecule has 17 heavy (non-hydrogen) atoms. The van der Waals surface area contributed by atoms with Crippen molar-refractivity contribution in [3.63, 3.8) is 0 Å². The molecule has 0 radical (unpaired) electrons. The van der Waals surface area contributed by atoms with Crippen LogP contribution < -0.4 is 10.6 Å². The molecule has 3 N–H and O–H groups in total. The van der Waals surface area contributed by atoms with Crippen LogP contribution in [0.2, 0.25) is 0 Å². The molecule has 1 rings (SSSR count). The van der Waals surface area contributed by atoms with Gasteiger partial charge in [-0.3, -0.25) is 4.79 Å². The van der Waals surface area contributed by atoms with Crippen molar-refractivity contribution in [2.45, 2.75) is 37.5 Å². The SMILES string of the molecule is CSC(CO)C(C)NC(=O)CC1CCNCC1. The van der Waals surface area contributed by atoms with E-state index in [4.69, 9.17) is 5.11 Å². The molecule has 1 fully saturated rings. The quantitative estimate of drug-likeness (QED) is 0.655. The lowest BCUT2D eigenvalue weighted by molar-refractivity contribution is -0.122. The van der Waals surface area contributed by atoms with E-state index in [1.165, 1.54) is 0 Å². The van der Waals surface area contributed by atoms with Crippen LogP contribution in [0.3, 0.4) is 0 Å². The van der Waals surface area contributed by atoms with E-state index in [1.54, 1.807) is 11.8 Å². The monoisotopic (exact) mass is 260 g/mol. The third kappa shape index (κ3) is 5.27. The molecule has 4 nitrogen and oxygen atoms in total. The number of carbonyl (C=O) groups excluding carboxylic acids is 1. The van der Waals surface area contributed by atoms with Gasteiger partial charge < -0.3 is 15.7 Å². The van der Waals surface area contributed by atoms with Crippen molar-refractivity contribution in [2.24, 2.45) is 5.92 Å². The normalized spacial score (nSPS) is 20.9. The van der Waals surface area contributed by atoms with Crippen LogP contribution in [0.25, 0.3) is 0 Å². The first-order valence-corrected chi connectivity index (χ1v) is 7.60. The highest BCUT2D eigenvalue weighted by Gasteiger charge is 2.20. The van der Waals surface area contributed by atoms with E-state index in [-0.39, 0.29) is 23.8 Å². The van der Waals surface area contributed by atoms with Gasteiger partial charge in [-0.25, -0.2) is 0 Å². The molecular weight excluding hydrogens is 236 g/mol. The summed E-state index contributed by atoms with van der Waals surface area (Å²) >= 11 is 1.59. The molecule has 2 unspecified atom stereocenters. The number of rotatable bonds is 6. The predicted octanol–water partition coefficient (Wildman–Crippen LogP) is 0.605. The molecule has 1 heterocycles. The molecule has 0 spiro atoms. The number of piperidine rings is 1. The Balaban J connectivity index is 2.27. The Morgan fingerprint density at radius 3 is 2.71 bits per heavy atom. The highest BCUT2D eigenvalue weighted by atomic mass is 32.2. The van der Waals surface area contributed by atoms with Gasteiger partial charge in [0.05, 0.1) is 6.61 Å². The largest absolute Gasteiger partial charge is 0.395 e. The average molecular weight is 260 g/mol. The molecule has 0 aromatic heterocycles. The molecule has 0 aromatic rings. The maximum Gasteiger partial charge on any atom is 0.220 e. The standard InChI is InChI=1S/C12H24N2O2S/c1-9(11(8-15)17-2)14-12(16)7-10-3-5-13-6-4-10/h9-11,13,15H,3-8H2,1-2H3,(H,14,16). The minimum absolute atomic E-state index is 0.0317. The summed E-state index contributed by atoms with van der Waals surface area (Å²) < 4.78 is 0. The molecule has 0 aliphatic carbocycles. The Hall–Kier alpha value is -0.260. The van der Waals surface area contributed by atoms with E-state index < -0.39 is 0 Å². The molecular formula is C12H24N2O2S. The van der Waals surface area contributed by atoms with Crippen molar-refractivity contribution in [2.75, 3.05) is 26.0 Å². The maximum absolute atomic E-state index is 11.8. The molecule has 0 aromatic carbocycles. The summed E-state index contributed by atoms with van der Waals surface area (Å²) in [5.41, 5.74) is 0. The second kappa shape index (κ2) is 7.95. The highest BCUT2D eigenvalue weighted by molar-refractivity contribution is 7.99. The van der Waals surface area contributed by atoms with Crippen LogP contribution >= 0.6 is 11.8 Å². The Kier molecular flexibility index (Phi) is 6.92. The van der Waals surface area contributed by atoms with Crippen molar-refractivity contribution in [1.29, 1.82) is 0 Å². The molecule has 100 valence electrons. The smallest absolute Gasteiger partial charge is 0.220 e. The molecule has 1 aliphatic heterocycles. The highest BCUT2D eigenvalue weighted by Crippen LogP contribution is 2.16. The first-order chi connectivity index (χ1) is 8.17. The van der Waals surface area contributed by atoms with Gasteiger partial charge >= 0.3 is 0 Å². The van der Waals surface area contributed by atoms with Crippen molar-refractivity contribution in [3.8, 4) is 0 Å². The summed E-state index contributed by atoms with van der Waals surface area (Å²) in [7, 11) is 0. The first-order valence-electron chi connectivity index (χ1n) is 6.31. The number of amides is 1. The van der Waals surface area contributed by atoms with Crippen molar-refractivity contribution in [3.05, 3.63) is 0 Å². The minimum Gasteiger partial charge on any atom is -0.395 e. The van der Waals surface area contributed by atoms with Crippen LogP contribution in [-0.4, -0.2) is 48.3 Å². The van der Waals surface area contributed by atoms with Crippen LogP contribution in [0.15, 0.2) is 0 Å². The third-order valence-corrected chi connectivity index (χ3v) is 4.52. The van der Waals surface area contributed by atoms with E-state index in [0.717, 1.165) is 25.9 Å². The Morgan fingerprint density at radius 1 is 1.53 bits per heavy atom. The van der Waals surface area contributed by atoms with Crippen molar-refractivity contribution >= 4 is 17.7 Å². The van der Waals surface area contributed by atoms with Gasteiger partial charge in [-0.1, -0.05) is 0 Å². The first kappa shape index (κ1) is 14.8.